The molecular formula is C10H16. The minimum Gasteiger partial charge on any atom is -0.0850 e. The van der Waals surface area contributed by atoms with Gasteiger partial charge in [0.2, 0.25) is 0 Å². The van der Waals surface area contributed by atoms with Crippen LogP contribution in [0.4, 0.5) is 0 Å². The van der Waals surface area contributed by atoms with Gasteiger partial charge in [0.15, 0.2) is 0 Å². The number of hydrogen-bond acceptors (Lipinski definition) is 0. The highest BCUT2D eigenvalue weighted by Crippen LogP contribution is 2.58. The maximum absolute atomic E-state index is 2.43. The van der Waals surface area contributed by atoms with Crippen LogP contribution in [-0.4, -0.2) is 0 Å². The van der Waals surface area contributed by atoms with Crippen molar-refractivity contribution in [3.05, 3.63) is 11.6 Å². The summed E-state index contributed by atoms with van der Waals surface area (Å²) in [6.07, 6.45) is 5.24. The third-order valence-electron chi connectivity index (χ3n) is 3.74. The third-order valence-corrected chi connectivity index (χ3v) is 3.74. The van der Waals surface area contributed by atoms with Crippen molar-refractivity contribution in [1.82, 2.24) is 0 Å². The summed E-state index contributed by atoms with van der Waals surface area (Å²) in [5.41, 5.74) is 2.28. The molecule has 1 fully saturated rings. The second-order valence-corrected chi connectivity index (χ2v) is 4.49. The van der Waals surface area contributed by atoms with Gasteiger partial charge in [-0.1, -0.05) is 25.5 Å². The number of fused-ring (bicyclic) bond motifs is 1. The standard InChI is InChI=1S/C10H16/c1-7-4-5-8-6-9(7)10(8,2)3/h4,8-9H,5-6H2,1-3H3/t8-,9?/m1/s1. The number of hydrogen-bond donors (Lipinski definition) is 0. The molecule has 0 aromatic rings. The third kappa shape index (κ3) is 0.574. The highest BCUT2D eigenvalue weighted by atomic mass is 14.5. The molecule has 2 atom stereocenters. The Labute approximate surface area is 63.3 Å². The van der Waals surface area contributed by atoms with Gasteiger partial charge in [-0.15, -0.1) is 0 Å². The van der Waals surface area contributed by atoms with E-state index in [2.05, 4.69) is 26.8 Å². The molecule has 0 aromatic carbocycles. The summed E-state index contributed by atoms with van der Waals surface area (Å²) >= 11 is 0. The maximum Gasteiger partial charge on any atom is -0.0149 e. The lowest BCUT2D eigenvalue weighted by Gasteiger charge is -2.56. The van der Waals surface area contributed by atoms with E-state index < -0.39 is 0 Å². The fraction of sp³-hybridized carbons (Fsp3) is 0.800. The van der Waals surface area contributed by atoms with Crippen LogP contribution in [0, 0.1) is 17.3 Å². The van der Waals surface area contributed by atoms with Gasteiger partial charge in [0, 0.05) is 0 Å². The van der Waals surface area contributed by atoms with Gasteiger partial charge in [0.05, 0.1) is 0 Å². The Morgan fingerprint density at radius 2 is 2.20 bits per heavy atom. The summed E-state index contributed by atoms with van der Waals surface area (Å²) in [5.74, 6) is 1.92. The Morgan fingerprint density at radius 3 is 2.50 bits per heavy atom. The fourth-order valence-corrected chi connectivity index (χ4v) is 2.66. The molecule has 3 aliphatic rings. The zero-order valence-electron chi connectivity index (χ0n) is 7.15. The summed E-state index contributed by atoms with van der Waals surface area (Å²) in [5, 5.41) is 0. The molecule has 0 amide bonds. The fourth-order valence-electron chi connectivity index (χ4n) is 2.66. The molecule has 1 saturated carbocycles. The molecule has 10 heavy (non-hydrogen) atoms. The highest BCUT2D eigenvalue weighted by molar-refractivity contribution is 5.21. The Balaban J connectivity index is 2.30. The molecule has 0 radical (unpaired) electrons. The van der Waals surface area contributed by atoms with Crippen LogP contribution in [0.5, 0.6) is 0 Å². The minimum absolute atomic E-state index is 0.638. The van der Waals surface area contributed by atoms with Gasteiger partial charge in [-0.05, 0) is 37.0 Å². The smallest absolute Gasteiger partial charge is 0.0149 e. The molecule has 1 unspecified atom stereocenters. The number of allylic oxidation sites excluding steroid dienone is 2. The summed E-state index contributed by atoms with van der Waals surface area (Å²) in [6, 6.07) is 0. The molecule has 0 aliphatic heterocycles. The average molecular weight is 136 g/mol. The van der Waals surface area contributed by atoms with E-state index in [4.69, 9.17) is 0 Å². The molecule has 0 N–H and O–H groups in total. The van der Waals surface area contributed by atoms with Crippen molar-refractivity contribution >= 4 is 0 Å². The molecule has 0 nitrogen and oxygen atoms in total. The van der Waals surface area contributed by atoms with Crippen LogP contribution in [-0.2, 0) is 0 Å². The van der Waals surface area contributed by atoms with Gasteiger partial charge < -0.3 is 0 Å². The van der Waals surface area contributed by atoms with Gasteiger partial charge in [-0.3, -0.25) is 0 Å². The molecule has 0 heteroatoms. The topological polar surface area (TPSA) is 0 Å². The molecule has 56 valence electrons. The van der Waals surface area contributed by atoms with Crippen LogP contribution >= 0.6 is 0 Å². The van der Waals surface area contributed by atoms with E-state index >= 15 is 0 Å². The van der Waals surface area contributed by atoms with Gasteiger partial charge in [-0.25, -0.2) is 0 Å². The first-order valence-corrected chi connectivity index (χ1v) is 4.29. The van der Waals surface area contributed by atoms with Crippen LogP contribution < -0.4 is 0 Å². The van der Waals surface area contributed by atoms with Crippen LogP contribution in [0.25, 0.3) is 0 Å². The van der Waals surface area contributed by atoms with E-state index in [1.807, 2.05) is 0 Å². The van der Waals surface area contributed by atoms with Crippen LogP contribution in [0.15, 0.2) is 11.6 Å². The van der Waals surface area contributed by atoms with Crippen molar-refractivity contribution in [3.8, 4) is 0 Å². The summed E-state index contributed by atoms with van der Waals surface area (Å²) in [6.45, 7) is 7.13. The molecule has 2 bridgehead atoms. The lowest BCUT2D eigenvalue weighted by atomic mass is 9.49. The minimum atomic E-state index is 0.638. The van der Waals surface area contributed by atoms with Crippen LogP contribution in [0.2, 0.25) is 0 Å². The van der Waals surface area contributed by atoms with E-state index in [0.717, 1.165) is 11.8 Å². The lowest BCUT2D eigenvalue weighted by molar-refractivity contribution is -0.00579. The Morgan fingerprint density at radius 1 is 1.50 bits per heavy atom. The van der Waals surface area contributed by atoms with E-state index in [-0.39, 0.29) is 0 Å². The zero-order valence-corrected chi connectivity index (χ0v) is 7.15. The van der Waals surface area contributed by atoms with Crippen molar-refractivity contribution in [2.24, 2.45) is 17.3 Å². The summed E-state index contributed by atoms with van der Waals surface area (Å²) in [4.78, 5) is 0. The van der Waals surface area contributed by atoms with Crippen molar-refractivity contribution in [1.29, 1.82) is 0 Å². The van der Waals surface area contributed by atoms with Crippen molar-refractivity contribution in [3.63, 3.8) is 0 Å². The highest BCUT2D eigenvalue weighted by Gasteiger charge is 2.49. The first-order chi connectivity index (χ1) is 4.62. The first kappa shape index (κ1) is 6.45. The normalized spacial score (nSPS) is 42.1. The SMILES string of the molecule is CC1=CC[C@@H]2CC1C2(C)C. The Kier molecular flexibility index (Phi) is 1.07. The average Bonchev–Trinajstić information content (AvgIpc) is 1.87. The van der Waals surface area contributed by atoms with Gasteiger partial charge >= 0.3 is 0 Å². The van der Waals surface area contributed by atoms with Crippen LogP contribution in [0.1, 0.15) is 33.6 Å². The summed E-state index contributed by atoms with van der Waals surface area (Å²) < 4.78 is 0. The lowest BCUT2D eigenvalue weighted by Crippen LogP contribution is -2.47. The van der Waals surface area contributed by atoms with E-state index in [1.54, 1.807) is 5.57 Å². The molecule has 3 rings (SSSR count). The van der Waals surface area contributed by atoms with Crippen molar-refractivity contribution in [2.45, 2.75) is 33.6 Å². The van der Waals surface area contributed by atoms with Crippen molar-refractivity contribution < 1.29 is 0 Å². The molecule has 0 saturated heterocycles. The molecule has 0 heterocycles. The van der Waals surface area contributed by atoms with Gasteiger partial charge in [0.25, 0.3) is 0 Å². The Hall–Kier alpha value is -0.260. The second kappa shape index (κ2) is 1.66. The van der Waals surface area contributed by atoms with E-state index in [0.29, 0.717) is 5.41 Å². The second-order valence-electron chi connectivity index (χ2n) is 4.49. The van der Waals surface area contributed by atoms with E-state index in [9.17, 15) is 0 Å². The van der Waals surface area contributed by atoms with E-state index in [1.165, 1.54) is 12.8 Å². The Bertz CT molecular complexity index is 186. The molecule has 3 aliphatic carbocycles. The number of rotatable bonds is 0. The predicted molar refractivity (Wildman–Crippen MR) is 43.8 cm³/mol. The molecule has 0 aromatic heterocycles. The zero-order chi connectivity index (χ0) is 7.35. The van der Waals surface area contributed by atoms with Crippen LogP contribution in [0.3, 0.4) is 0 Å². The quantitative estimate of drug-likeness (QED) is 0.449. The molecule has 0 spiro atoms. The molecular weight excluding hydrogens is 120 g/mol. The largest absolute Gasteiger partial charge is 0.0850 e. The van der Waals surface area contributed by atoms with Gasteiger partial charge in [-0.2, -0.15) is 0 Å². The monoisotopic (exact) mass is 136 g/mol. The maximum atomic E-state index is 2.43. The van der Waals surface area contributed by atoms with Crippen molar-refractivity contribution in [2.75, 3.05) is 0 Å². The first-order valence-electron chi connectivity index (χ1n) is 4.29. The summed E-state index contributed by atoms with van der Waals surface area (Å²) in [7, 11) is 0. The van der Waals surface area contributed by atoms with Gasteiger partial charge in [0.1, 0.15) is 0 Å². The predicted octanol–water partition coefficient (Wildman–Crippen LogP) is 3.00.